The van der Waals surface area contributed by atoms with E-state index in [0.717, 1.165) is 31.3 Å². The molecule has 3 saturated heterocycles. The number of pyridine rings is 1. The molecule has 0 unspecified atom stereocenters. The Kier molecular flexibility index (Phi) is 9.80. The number of imidazole rings is 1. The molecule has 4 aromatic rings. The average molecular weight is 748 g/mol. The van der Waals surface area contributed by atoms with Crippen molar-refractivity contribution in [2.45, 2.75) is 75.5 Å². The second-order valence-electron chi connectivity index (χ2n) is 14.0. The lowest BCUT2D eigenvalue weighted by Crippen LogP contribution is -2.51. The van der Waals surface area contributed by atoms with E-state index in [2.05, 4.69) is 14.9 Å². The van der Waals surface area contributed by atoms with Crippen LogP contribution in [0.15, 0.2) is 47.4 Å². The summed E-state index contributed by atoms with van der Waals surface area (Å²) in [5, 5.41) is 0.781. The first-order valence-electron chi connectivity index (χ1n) is 17.7. The minimum absolute atomic E-state index is 0.115. The molecule has 1 atom stereocenters. The number of alkyl halides is 6. The molecule has 53 heavy (non-hydrogen) atoms. The Balaban J connectivity index is 1.10. The highest BCUT2D eigenvalue weighted by Gasteiger charge is 2.42. The summed E-state index contributed by atoms with van der Waals surface area (Å²) in [6, 6.07) is 8.26. The molecule has 0 bridgehead atoms. The number of nitrogen functional groups attached to an aromatic ring is 1. The lowest BCUT2D eigenvalue weighted by molar-refractivity contribution is -0.142. The molecule has 2 aromatic heterocycles. The third-order valence-corrected chi connectivity index (χ3v) is 10.8. The van der Waals surface area contributed by atoms with Crippen molar-refractivity contribution in [1.82, 2.24) is 29.2 Å². The van der Waals surface area contributed by atoms with Crippen LogP contribution in [0.1, 0.15) is 61.3 Å². The highest BCUT2D eigenvalue weighted by molar-refractivity contribution is 6.01. The summed E-state index contributed by atoms with van der Waals surface area (Å²) in [5.41, 5.74) is 1.61. The van der Waals surface area contributed by atoms with Gasteiger partial charge in [-0.1, -0.05) is 18.2 Å². The fourth-order valence-electron chi connectivity index (χ4n) is 8.04. The number of nitrogens with zero attached hydrogens (tertiary/aromatic N) is 5. The number of benzene rings is 2. The van der Waals surface area contributed by atoms with E-state index in [0.29, 0.717) is 67.5 Å². The second kappa shape index (κ2) is 14.2. The Morgan fingerprint density at radius 1 is 0.868 bits per heavy atom. The molecular formula is C36H39F6N7O4. The van der Waals surface area contributed by atoms with Crippen molar-refractivity contribution in [3.05, 3.63) is 69.8 Å². The van der Waals surface area contributed by atoms with Crippen LogP contribution < -0.4 is 11.4 Å². The summed E-state index contributed by atoms with van der Waals surface area (Å²) in [4.78, 5) is 53.2. The molecule has 7 rings (SSSR count). The summed E-state index contributed by atoms with van der Waals surface area (Å²) in [6.45, 7) is 2.74. The lowest BCUT2D eigenvalue weighted by atomic mass is 9.97. The van der Waals surface area contributed by atoms with Gasteiger partial charge < -0.3 is 30.2 Å². The summed E-state index contributed by atoms with van der Waals surface area (Å²) in [6.07, 6.45) is -8.07. The van der Waals surface area contributed by atoms with Crippen LogP contribution in [0.3, 0.4) is 0 Å². The molecule has 284 valence electrons. The Morgan fingerprint density at radius 3 is 2.08 bits per heavy atom. The monoisotopic (exact) mass is 747 g/mol. The Morgan fingerprint density at radius 2 is 1.45 bits per heavy atom. The number of aromatic amines is 1. The second-order valence-corrected chi connectivity index (χ2v) is 14.0. The van der Waals surface area contributed by atoms with Crippen molar-refractivity contribution in [1.29, 1.82) is 0 Å². The maximum absolute atomic E-state index is 13.9. The number of carbonyl (C=O) groups excluding carboxylic acids is 2. The number of para-hydroxylation sites is 1. The zero-order valence-corrected chi connectivity index (χ0v) is 28.7. The molecule has 0 saturated carbocycles. The zero-order valence-electron chi connectivity index (χ0n) is 28.7. The van der Waals surface area contributed by atoms with Gasteiger partial charge in [-0.15, -0.1) is 0 Å². The van der Waals surface area contributed by atoms with Crippen LogP contribution in [0.5, 0.6) is 0 Å². The molecular weight excluding hydrogens is 708 g/mol. The summed E-state index contributed by atoms with van der Waals surface area (Å²) >= 11 is 0. The number of ether oxygens (including phenoxy) is 1. The number of amides is 2. The number of rotatable bonds is 6. The van der Waals surface area contributed by atoms with Gasteiger partial charge in [-0.25, -0.2) is 9.59 Å². The number of halogens is 6. The van der Waals surface area contributed by atoms with Gasteiger partial charge in [0.25, 0.3) is 5.91 Å². The van der Waals surface area contributed by atoms with Crippen molar-refractivity contribution in [2.75, 3.05) is 45.0 Å². The highest BCUT2D eigenvalue weighted by atomic mass is 19.4. The van der Waals surface area contributed by atoms with Gasteiger partial charge in [-0.3, -0.25) is 14.3 Å². The van der Waals surface area contributed by atoms with Crippen LogP contribution in [0.25, 0.3) is 21.9 Å². The number of hydrogen-bond acceptors (Lipinski definition) is 7. The van der Waals surface area contributed by atoms with Gasteiger partial charge >= 0.3 is 24.1 Å². The predicted octanol–water partition coefficient (Wildman–Crippen LogP) is 5.97. The van der Waals surface area contributed by atoms with Crippen LogP contribution in [0.2, 0.25) is 0 Å². The molecule has 3 fully saturated rings. The number of anilines is 1. The highest BCUT2D eigenvalue weighted by Crippen LogP contribution is 2.42. The van der Waals surface area contributed by atoms with Gasteiger partial charge in [-0.2, -0.15) is 26.3 Å². The van der Waals surface area contributed by atoms with E-state index in [1.54, 1.807) is 10.8 Å². The smallest absolute Gasteiger partial charge is 0.418 e. The molecule has 0 aliphatic carbocycles. The number of hydrogen-bond donors (Lipinski definition) is 2. The number of fused-ring (bicyclic) bond motifs is 3. The number of likely N-dealkylation sites (tertiary alicyclic amines) is 3. The number of nitrogens with two attached hydrogens (primary N) is 1. The predicted molar refractivity (Wildman–Crippen MR) is 183 cm³/mol. The normalized spacial score (nSPS) is 19.0. The fraction of sp³-hybridized carbons (Fsp3) is 0.500. The van der Waals surface area contributed by atoms with E-state index in [-0.39, 0.29) is 30.9 Å². The molecule has 2 amide bonds. The third kappa shape index (κ3) is 7.39. The Labute approximate surface area is 299 Å². The van der Waals surface area contributed by atoms with E-state index in [1.807, 2.05) is 24.3 Å². The van der Waals surface area contributed by atoms with Gasteiger partial charge in [0.1, 0.15) is 0 Å². The van der Waals surface area contributed by atoms with E-state index < -0.39 is 59.3 Å². The average Bonchev–Trinajstić information content (AvgIpc) is 3.79. The van der Waals surface area contributed by atoms with Crippen LogP contribution >= 0.6 is 0 Å². The van der Waals surface area contributed by atoms with Crippen LogP contribution in [-0.4, -0.2) is 92.6 Å². The number of aromatic nitrogens is 3. The van der Waals surface area contributed by atoms with Gasteiger partial charge in [0.05, 0.1) is 39.6 Å². The van der Waals surface area contributed by atoms with Crippen molar-refractivity contribution >= 4 is 39.6 Å². The molecule has 11 nitrogen and oxygen atoms in total. The Bertz CT molecular complexity index is 2020. The van der Waals surface area contributed by atoms with Gasteiger partial charge in [0.15, 0.2) is 6.10 Å². The molecule has 17 heteroatoms. The number of carbonyl (C=O) groups is 2. The van der Waals surface area contributed by atoms with Gasteiger partial charge in [0, 0.05) is 50.1 Å². The van der Waals surface area contributed by atoms with E-state index in [1.165, 1.54) is 9.80 Å². The van der Waals surface area contributed by atoms with Crippen molar-refractivity contribution in [2.24, 2.45) is 0 Å². The first-order valence-corrected chi connectivity index (χ1v) is 17.7. The maximum Gasteiger partial charge on any atom is 0.418 e. The zero-order chi connectivity index (χ0) is 37.7. The van der Waals surface area contributed by atoms with E-state index >= 15 is 0 Å². The SMILES string of the molecule is Nc1c(C(F)(F)F)cc(C[C@@H](OC(=O)N2CCC(n3c(=O)[nH]c4c5ccccc5ncc43)CC2)C(=O)N2CCC(N3CCCC3)CC2)cc1C(F)(F)F. The topological polar surface area (TPSA) is 130 Å². The van der Waals surface area contributed by atoms with Crippen molar-refractivity contribution in [3.63, 3.8) is 0 Å². The minimum Gasteiger partial charge on any atom is -0.436 e. The summed E-state index contributed by atoms with van der Waals surface area (Å²) in [5.74, 6) is -0.697. The molecule has 2 aromatic carbocycles. The summed E-state index contributed by atoms with van der Waals surface area (Å²) in [7, 11) is 0. The van der Waals surface area contributed by atoms with E-state index in [9.17, 15) is 40.7 Å². The molecule has 0 radical (unpaired) electrons. The van der Waals surface area contributed by atoms with Crippen LogP contribution in [0.4, 0.5) is 36.8 Å². The van der Waals surface area contributed by atoms with Gasteiger partial charge in [0.2, 0.25) is 0 Å². The number of H-pyrrole nitrogens is 1. The summed E-state index contributed by atoms with van der Waals surface area (Å²) < 4.78 is 90.5. The molecule has 3 aliphatic heterocycles. The lowest BCUT2D eigenvalue weighted by Gasteiger charge is -2.38. The van der Waals surface area contributed by atoms with Crippen LogP contribution in [0, 0.1) is 0 Å². The number of piperidine rings is 2. The first kappa shape index (κ1) is 36.6. The first-order chi connectivity index (χ1) is 25.2. The van der Waals surface area contributed by atoms with Crippen molar-refractivity contribution in [3.8, 4) is 0 Å². The third-order valence-electron chi connectivity index (χ3n) is 10.8. The number of nitrogens with one attached hydrogen (secondary N) is 1. The molecule has 0 spiro atoms. The Hall–Kier alpha value is -4.80. The van der Waals surface area contributed by atoms with Crippen LogP contribution in [-0.2, 0) is 28.3 Å². The largest absolute Gasteiger partial charge is 0.436 e. The van der Waals surface area contributed by atoms with Gasteiger partial charge in [-0.05, 0) is 75.4 Å². The van der Waals surface area contributed by atoms with E-state index in [4.69, 9.17) is 10.5 Å². The maximum atomic E-state index is 13.9. The molecule has 5 heterocycles. The molecule has 3 aliphatic rings. The quantitative estimate of drug-likeness (QED) is 0.184. The van der Waals surface area contributed by atoms with Crippen molar-refractivity contribution < 1.29 is 40.7 Å². The fourth-order valence-corrected chi connectivity index (χ4v) is 8.04. The minimum atomic E-state index is -5.21. The standard InChI is InChI=1S/C36H39F6N7O4/c37-35(38,39)25-17-21(18-26(30(25)43)36(40,41)42)19-29(32(50)47-13-7-22(8-14-47)46-11-3-4-12-46)53-34(52)48-15-9-23(10-16-48)49-28-20-44-27-6-2-1-5-24(27)31(28)45-33(49)51/h1-2,5-6,17-18,20,22-23,29H,3-4,7-16,19,43H2,(H,45,51)/t29-/m1/s1. The molecule has 3 N–H and O–H groups in total.